The molecule has 0 saturated heterocycles. The van der Waals surface area contributed by atoms with Gasteiger partial charge in [0, 0.05) is 18.7 Å². The lowest BCUT2D eigenvalue weighted by atomic mass is 10.1. The zero-order valence-electron chi connectivity index (χ0n) is 15.1. The maximum Gasteiger partial charge on any atom is 0.272 e. The van der Waals surface area contributed by atoms with Crippen molar-refractivity contribution in [3.63, 3.8) is 0 Å². The van der Waals surface area contributed by atoms with Gasteiger partial charge in [0.25, 0.3) is 5.91 Å². The second kappa shape index (κ2) is 6.23. The zero-order chi connectivity index (χ0) is 18.3. The summed E-state index contributed by atoms with van der Waals surface area (Å²) in [6.07, 6.45) is 2.66. The van der Waals surface area contributed by atoms with Crippen LogP contribution < -0.4 is 5.32 Å². The van der Waals surface area contributed by atoms with Gasteiger partial charge in [0.1, 0.15) is 0 Å². The van der Waals surface area contributed by atoms with Crippen LogP contribution in [0.15, 0.2) is 30.5 Å². The van der Waals surface area contributed by atoms with Crippen LogP contribution in [0.4, 0.5) is 0 Å². The Hall–Kier alpha value is -2.70. The number of carbonyl (C=O) groups excluding carboxylic acids is 2. The molecule has 1 saturated carbocycles. The average molecular weight is 353 g/mol. The number of aromatic nitrogens is 3. The highest BCUT2D eigenvalue weighted by molar-refractivity contribution is 5.92. The highest BCUT2D eigenvalue weighted by Gasteiger charge is 2.52. The SMILES string of the molecule is CC1(C)C[C@H]1C(=O)N1CCn2nc(C(=O)NCc3ccccn3)cc2C1. The van der Waals surface area contributed by atoms with E-state index in [1.165, 1.54) is 0 Å². The number of hydrogen-bond donors (Lipinski definition) is 1. The maximum atomic E-state index is 12.6. The number of nitrogens with zero attached hydrogens (tertiary/aromatic N) is 4. The molecule has 7 nitrogen and oxygen atoms in total. The van der Waals surface area contributed by atoms with Crippen LogP contribution in [0.1, 0.15) is 42.1 Å². The van der Waals surface area contributed by atoms with Gasteiger partial charge in [-0.2, -0.15) is 5.10 Å². The van der Waals surface area contributed by atoms with E-state index in [1.54, 1.807) is 12.3 Å². The lowest BCUT2D eigenvalue weighted by molar-refractivity contribution is -0.134. The highest BCUT2D eigenvalue weighted by atomic mass is 16.2. The molecule has 1 N–H and O–H groups in total. The summed E-state index contributed by atoms with van der Waals surface area (Å²) in [5.41, 5.74) is 2.22. The fraction of sp³-hybridized carbons (Fsp3) is 0.474. The van der Waals surface area contributed by atoms with Crippen molar-refractivity contribution in [2.45, 2.75) is 39.9 Å². The van der Waals surface area contributed by atoms with Gasteiger partial charge in [-0.3, -0.25) is 19.3 Å². The molecule has 3 heterocycles. The zero-order valence-corrected chi connectivity index (χ0v) is 15.1. The molecule has 2 aromatic rings. The van der Waals surface area contributed by atoms with Crippen molar-refractivity contribution in [2.24, 2.45) is 11.3 Å². The van der Waals surface area contributed by atoms with Gasteiger partial charge in [-0.25, -0.2) is 0 Å². The Morgan fingerprint density at radius 1 is 1.31 bits per heavy atom. The Bertz CT molecular complexity index is 843. The van der Waals surface area contributed by atoms with E-state index in [2.05, 4.69) is 29.2 Å². The maximum absolute atomic E-state index is 12.6. The van der Waals surface area contributed by atoms with Crippen LogP contribution in [0.5, 0.6) is 0 Å². The van der Waals surface area contributed by atoms with Crippen molar-refractivity contribution in [1.29, 1.82) is 0 Å². The van der Waals surface area contributed by atoms with Crippen LogP contribution >= 0.6 is 0 Å². The molecular weight excluding hydrogens is 330 g/mol. The third-order valence-corrected chi connectivity index (χ3v) is 5.31. The normalized spacial score (nSPS) is 20.4. The van der Waals surface area contributed by atoms with Gasteiger partial charge in [0.05, 0.1) is 31.0 Å². The first-order valence-corrected chi connectivity index (χ1v) is 8.98. The number of nitrogens with one attached hydrogen (secondary N) is 1. The molecular formula is C19H23N5O2. The molecule has 1 atom stereocenters. The Balaban J connectivity index is 1.39. The minimum Gasteiger partial charge on any atom is -0.345 e. The first-order valence-electron chi connectivity index (χ1n) is 8.98. The summed E-state index contributed by atoms with van der Waals surface area (Å²) in [7, 11) is 0. The third kappa shape index (κ3) is 3.21. The Morgan fingerprint density at radius 2 is 2.12 bits per heavy atom. The number of fused-ring (bicyclic) bond motifs is 1. The summed E-state index contributed by atoms with van der Waals surface area (Å²) in [5.74, 6) is 0.139. The molecule has 0 radical (unpaired) electrons. The average Bonchev–Trinajstić information content (AvgIpc) is 3.08. The van der Waals surface area contributed by atoms with Gasteiger partial charge < -0.3 is 10.2 Å². The van der Waals surface area contributed by atoms with Crippen LogP contribution in [0, 0.1) is 11.3 Å². The molecule has 4 rings (SSSR count). The molecule has 0 unspecified atom stereocenters. The topological polar surface area (TPSA) is 80.1 Å². The number of amides is 2. The van der Waals surface area contributed by atoms with E-state index in [0.29, 0.717) is 31.9 Å². The predicted molar refractivity (Wildman–Crippen MR) is 94.9 cm³/mol. The molecule has 2 aromatic heterocycles. The quantitative estimate of drug-likeness (QED) is 0.905. The van der Waals surface area contributed by atoms with Crippen molar-refractivity contribution < 1.29 is 9.59 Å². The molecule has 7 heteroatoms. The number of rotatable bonds is 4. The Kier molecular flexibility index (Phi) is 4.01. The lowest BCUT2D eigenvalue weighted by Gasteiger charge is -2.28. The van der Waals surface area contributed by atoms with Crippen LogP contribution in [0.3, 0.4) is 0 Å². The van der Waals surface area contributed by atoms with Gasteiger partial charge in [0.15, 0.2) is 5.69 Å². The minimum atomic E-state index is -0.223. The smallest absolute Gasteiger partial charge is 0.272 e. The molecule has 1 fully saturated rings. The molecule has 2 aliphatic rings. The Labute approximate surface area is 152 Å². The first-order chi connectivity index (χ1) is 12.4. The minimum absolute atomic E-state index is 0.130. The summed E-state index contributed by atoms with van der Waals surface area (Å²) in [6, 6.07) is 7.37. The van der Waals surface area contributed by atoms with Crippen LogP contribution in [-0.4, -0.2) is 38.0 Å². The molecule has 1 aliphatic carbocycles. The second-order valence-electron chi connectivity index (χ2n) is 7.75. The molecule has 0 spiro atoms. The van der Waals surface area contributed by atoms with Crippen LogP contribution in [0.25, 0.3) is 0 Å². The fourth-order valence-electron chi connectivity index (χ4n) is 3.44. The molecule has 0 bridgehead atoms. The van der Waals surface area contributed by atoms with E-state index in [4.69, 9.17) is 0 Å². The number of carbonyl (C=O) groups is 2. The van der Waals surface area contributed by atoms with Crippen molar-refractivity contribution in [1.82, 2.24) is 25.0 Å². The molecule has 2 amide bonds. The summed E-state index contributed by atoms with van der Waals surface area (Å²) in [5, 5.41) is 7.23. The summed E-state index contributed by atoms with van der Waals surface area (Å²) in [6.45, 7) is 6.42. The van der Waals surface area contributed by atoms with E-state index < -0.39 is 0 Å². The largest absolute Gasteiger partial charge is 0.345 e. The van der Waals surface area contributed by atoms with Gasteiger partial charge in [-0.05, 0) is 30.0 Å². The summed E-state index contributed by atoms with van der Waals surface area (Å²) >= 11 is 0. The monoisotopic (exact) mass is 353 g/mol. The lowest BCUT2D eigenvalue weighted by Crippen LogP contribution is -2.39. The summed E-state index contributed by atoms with van der Waals surface area (Å²) < 4.78 is 1.83. The molecule has 1 aliphatic heterocycles. The number of pyridine rings is 1. The standard InChI is InChI=1S/C19H23N5O2/c1-19(2)10-15(19)18(26)23-7-8-24-14(12-23)9-16(22-24)17(25)21-11-13-5-3-4-6-20-13/h3-6,9,15H,7-8,10-12H2,1-2H3,(H,21,25)/t15-/m0/s1. The van der Waals surface area contributed by atoms with Crippen molar-refractivity contribution in [3.8, 4) is 0 Å². The molecule has 136 valence electrons. The van der Waals surface area contributed by atoms with E-state index in [9.17, 15) is 9.59 Å². The van der Waals surface area contributed by atoms with Gasteiger partial charge in [-0.1, -0.05) is 19.9 Å². The van der Waals surface area contributed by atoms with Crippen molar-refractivity contribution in [2.75, 3.05) is 6.54 Å². The Morgan fingerprint density at radius 3 is 2.81 bits per heavy atom. The molecule has 26 heavy (non-hydrogen) atoms. The predicted octanol–water partition coefficient (Wildman–Crippen LogP) is 1.60. The highest BCUT2D eigenvalue weighted by Crippen LogP contribution is 2.52. The van der Waals surface area contributed by atoms with E-state index in [1.807, 2.05) is 27.8 Å². The van der Waals surface area contributed by atoms with Crippen molar-refractivity contribution in [3.05, 3.63) is 47.5 Å². The summed E-state index contributed by atoms with van der Waals surface area (Å²) in [4.78, 5) is 31.0. The van der Waals surface area contributed by atoms with Gasteiger partial charge in [0.2, 0.25) is 5.91 Å². The fourth-order valence-corrected chi connectivity index (χ4v) is 3.44. The molecule has 0 aromatic carbocycles. The third-order valence-electron chi connectivity index (χ3n) is 5.31. The number of hydrogen-bond acceptors (Lipinski definition) is 4. The first kappa shape index (κ1) is 16.8. The van der Waals surface area contributed by atoms with Crippen molar-refractivity contribution >= 4 is 11.8 Å². The second-order valence-corrected chi connectivity index (χ2v) is 7.75. The van der Waals surface area contributed by atoms with E-state index in [-0.39, 0.29) is 23.1 Å². The van der Waals surface area contributed by atoms with Crippen LogP contribution in [0.2, 0.25) is 0 Å². The van der Waals surface area contributed by atoms with Gasteiger partial charge in [-0.15, -0.1) is 0 Å². The van der Waals surface area contributed by atoms with E-state index in [0.717, 1.165) is 17.8 Å². The van der Waals surface area contributed by atoms with Crippen LogP contribution in [-0.2, 0) is 24.4 Å². The van der Waals surface area contributed by atoms with E-state index >= 15 is 0 Å². The van der Waals surface area contributed by atoms with Gasteiger partial charge >= 0.3 is 0 Å².